The van der Waals surface area contributed by atoms with Crippen molar-refractivity contribution >= 4 is 5.97 Å². The van der Waals surface area contributed by atoms with Crippen LogP contribution < -0.4 is 4.74 Å². The number of benzene rings is 1. The molecule has 0 bridgehead atoms. The summed E-state index contributed by atoms with van der Waals surface area (Å²) in [6.07, 6.45) is 0. The highest BCUT2D eigenvalue weighted by atomic mass is 19.1. The number of hydrogen-bond acceptors (Lipinski definition) is 3. The zero-order valence-corrected chi connectivity index (χ0v) is 12.3. The summed E-state index contributed by atoms with van der Waals surface area (Å²) in [5, 5.41) is 12.9. The molecule has 0 fully saturated rings. The molecule has 0 saturated carbocycles. The van der Waals surface area contributed by atoms with Gasteiger partial charge >= 0.3 is 5.97 Å². The van der Waals surface area contributed by atoms with Crippen LogP contribution in [0.2, 0.25) is 0 Å². The summed E-state index contributed by atoms with van der Waals surface area (Å²) in [6.45, 7) is 3.91. The number of carboxylic acid groups (broad SMARTS) is 1. The molecule has 2 aromatic rings. The summed E-state index contributed by atoms with van der Waals surface area (Å²) in [7, 11) is 2.99. The van der Waals surface area contributed by atoms with Gasteiger partial charge in [-0.25, -0.2) is 9.18 Å². The lowest BCUT2D eigenvalue weighted by molar-refractivity contribution is 0.0689. The summed E-state index contributed by atoms with van der Waals surface area (Å²) in [4.78, 5) is 11.0. The molecule has 21 heavy (non-hydrogen) atoms. The van der Waals surface area contributed by atoms with Crippen LogP contribution in [0.5, 0.6) is 5.75 Å². The van der Waals surface area contributed by atoms with Gasteiger partial charge < -0.3 is 9.84 Å². The van der Waals surface area contributed by atoms with E-state index in [9.17, 15) is 9.18 Å². The van der Waals surface area contributed by atoms with Crippen LogP contribution in [0, 0.1) is 5.82 Å². The fourth-order valence-corrected chi connectivity index (χ4v) is 2.17. The quantitative estimate of drug-likeness (QED) is 0.940. The van der Waals surface area contributed by atoms with E-state index in [2.05, 4.69) is 5.10 Å². The lowest BCUT2D eigenvalue weighted by Crippen LogP contribution is -2.01. The molecular weight excluding hydrogens is 275 g/mol. The molecule has 5 nitrogen and oxygen atoms in total. The van der Waals surface area contributed by atoms with Crippen LogP contribution in [-0.4, -0.2) is 28.0 Å². The van der Waals surface area contributed by atoms with Gasteiger partial charge in [0, 0.05) is 12.6 Å². The molecule has 0 aliphatic carbocycles. The minimum Gasteiger partial charge on any atom is -0.493 e. The molecule has 0 spiro atoms. The molecule has 2 rings (SSSR count). The predicted molar refractivity (Wildman–Crippen MR) is 76.2 cm³/mol. The highest BCUT2D eigenvalue weighted by Crippen LogP contribution is 2.35. The molecule has 0 atom stereocenters. The van der Waals surface area contributed by atoms with E-state index in [1.807, 2.05) is 13.8 Å². The Kier molecular flexibility index (Phi) is 3.97. The summed E-state index contributed by atoms with van der Waals surface area (Å²) in [5.74, 6) is -1.39. The number of nitrogens with zero attached hydrogens (tertiary/aromatic N) is 2. The number of hydrogen-bond donors (Lipinski definition) is 1. The maximum absolute atomic E-state index is 14.2. The van der Waals surface area contributed by atoms with Crippen molar-refractivity contribution in [2.24, 2.45) is 7.05 Å². The first-order valence-corrected chi connectivity index (χ1v) is 6.50. The maximum Gasteiger partial charge on any atom is 0.356 e. The number of ether oxygens (including phenoxy) is 1. The molecule has 0 aliphatic rings. The van der Waals surface area contributed by atoms with Crippen LogP contribution in [0.15, 0.2) is 18.2 Å². The van der Waals surface area contributed by atoms with E-state index in [0.29, 0.717) is 11.3 Å². The van der Waals surface area contributed by atoms with Crippen LogP contribution in [0.25, 0.3) is 11.3 Å². The van der Waals surface area contributed by atoms with Gasteiger partial charge in [-0.15, -0.1) is 0 Å². The average molecular weight is 292 g/mol. The Morgan fingerprint density at radius 1 is 1.38 bits per heavy atom. The molecule has 112 valence electrons. The Labute approximate surface area is 122 Å². The van der Waals surface area contributed by atoms with Crippen LogP contribution in [0.3, 0.4) is 0 Å². The number of halogens is 1. The van der Waals surface area contributed by atoms with Gasteiger partial charge in [0.15, 0.2) is 17.3 Å². The van der Waals surface area contributed by atoms with E-state index in [1.54, 1.807) is 13.1 Å². The van der Waals surface area contributed by atoms with Crippen LogP contribution in [0.4, 0.5) is 4.39 Å². The van der Waals surface area contributed by atoms with Crippen molar-refractivity contribution < 1.29 is 19.0 Å². The highest BCUT2D eigenvalue weighted by Gasteiger charge is 2.20. The first kappa shape index (κ1) is 15.0. The van der Waals surface area contributed by atoms with Gasteiger partial charge in [-0.2, -0.15) is 5.10 Å². The zero-order valence-electron chi connectivity index (χ0n) is 12.3. The molecule has 1 aromatic heterocycles. The van der Waals surface area contributed by atoms with Crippen molar-refractivity contribution in [3.05, 3.63) is 35.3 Å². The third-order valence-corrected chi connectivity index (χ3v) is 3.31. The summed E-state index contributed by atoms with van der Waals surface area (Å²) < 4.78 is 20.7. The van der Waals surface area contributed by atoms with Gasteiger partial charge in [-0.05, 0) is 29.7 Å². The van der Waals surface area contributed by atoms with Crippen LogP contribution in [-0.2, 0) is 7.05 Å². The number of aromatic carboxylic acids is 1. The lowest BCUT2D eigenvalue weighted by atomic mass is 9.98. The Balaban J connectivity index is 2.69. The topological polar surface area (TPSA) is 64.3 Å². The SMILES string of the molecule is COc1c(F)cc(C(C)C)cc1-c1cc(C(=O)O)nn1C. The minimum absolute atomic E-state index is 0.0827. The number of aromatic nitrogens is 2. The molecule has 0 amide bonds. The Morgan fingerprint density at radius 2 is 2.05 bits per heavy atom. The number of methoxy groups -OCH3 is 1. The van der Waals surface area contributed by atoms with Gasteiger partial charge in [0.05, 0.1) is 12.8 Å². The predicted octanol–water partition coefficient (Wildman–Crippen LogP) is 3.06. The van der Waals surface area contributed by atoms with Crippen LogP contribution in [0.1, 0.15) is 35.8 Å². The van der Waals surface area contributed by atoms with Crippen molar-refractivity contribution in [1.82, 2.24) is 9.78 Å². The number of aryl methyl sites for hydroxylation is 1. The van der Waals surface area contributed by atoms with E-state index < -0.39 is 11.8 Å². The summed E-state index contributed by atoms with van der Waals surface area (Å²) in [6, 6.07) is 4.64. The molecular formula is C15H17FN2O3. The van der Waals surface area contributed by atoms with Crippen molar-refractivity contribution in [3.8, 4) is 17.0 Å². The van der Waals surface area contributed by atoms with Crippen molar-refractivity contribution in [2.45, 2.75) is 19.8 Å². The van der Waals surface area contributed by atoms with E-state index in [-0.39, 0.29) is 17.4 Å². The Hall–Kier alpha value is -2.37. The van der Waals surface area contributed by atoms with Crippen molar-refractivity contribution in [1.29, 1.82) is 0 Å². The smallest absolute Gasteiger partial charge is 0.356 e. The first-order chi connectivity index (χ1) is 9.85. The Morgan fingerprint density at radius 3 is 2.52 bits per heavy atom. The van der Waals surface area contributed by atoms with Crippen molar-refractivity contribution in [2.75, 3.05) is 7.11 Å². The molecule has 0 saturated heterocycles. The number of carbonyl (C=O) groups is 1. The van der Waals surface area contributed by atoms with E-state index in [0.717, 1.165) is 5.56 Å². The second-order valence-corrected chi connectivity index (χ2v) is 5.08. The van der Waals surface area contributed by atoms with Gasteiger partial charge in [0.1, 0.15) is 0 Å². The average Bonchev–Trinajstić information content (AvgIpc) is 2.79. The Bertz CT molecular complexity index is 692. The lowest BCUT2D eigenvalue weighted by Gasteiger charge is -2.14. The molecule has 0 unspecified atom stereocenters. The van der Waals surface area contributed by atoms with Gasteiger partial charge in [0.2, 0.25) is 0 Å². The van der Waals surface area contributed by atoms with E-state index >= 15 is 0 Å². The molecule has 6 heteroatoms. The third kappa shape index (κ3) is 2.74. The third-order valence-electron chi connectivity index (χ3n) is 3.31. The zero-order chi connectivity index (χ0) is 15.7. The first-order valence-electron chi connectivity index (χ1n) is 6.50. The van der Waals surface area contributed by atoms with Gasteiger partial charge in [0.25, 0.3) is 0 Å². The molecule has 0 aliphatic heterocycles. The maximum atomic E-state index is 14.2. The van der Waals surface area contributed by atoms with Gasteiger partial charge in [-0.3, -0.25) is 4.68 Å². The van der Waals surface area contributed by atoms with Gasteiger partial charge in [-0.1, -0.05) is 13.8 Å². The second-order valence-electron chi connectivity index (χ2n) is 5.08. The molecule has 1 heterocycles. The van der Waals surface area contributed by atoms with Crippen molar-refractivity contribution in [3.63, 3.8) is 0 Å². The van der Waals surface area contributed by atoms with Crippen LogP contribution >= 0.6 is 0 Å². The summed E-state index contributed by atoms with van der Waals surface area (Å²) in [5.41, 5.74) is 1.70. The second kappa shape index (κ2) is 5.55. The molecule has 0 radical (unpaired) electrons. The normalized spacial score (nSPS) is 11.0. The molecule has 1 aromatic carbocycles. The largest absolute Gasteiger partial charge is 0.493 e. The summed E-state index contributed by atoms with van der Waals surface area (Å²) >= 11 is 0. The van der Waals surface area contributed by atoms with E-state index in [1.165, 1.54) is 23.9 Å². The standard InChI is InChI=1S/C15H17FN2O3/c1-8(2)9-5-10(14(21-4)11(16)6-9)13-7-12(15(19)20)17-18(13)3/h5-8H,1-4H3,(H,19,20). The molecule has 1 N–H and O–H groups in total. The number of rotatable bonds is 4. The highest BCUT2D eigenvalue weighted by molar-refractivity contribution is 5.87. The minimum atomic E-state index is -1.13. The monoisotopic (exact) mass is 292 g/mol. The fraction of sp³-hybridized carbons (Fsp3) is 0.333. The fourth-order valence-electron chi connectivity index (χ4n) is 2.17. The number of carboxylic acids is 1. The van der Waals surface area contributed by atoms with E-state index in [4.69, 9.17) is 9.84 Å².